The Balaban J connectivity index is 3.06. The van der Waals surface area contributed by atoms with Gasteiger partial charge in [0.05, 0.1) is 6.10 Å². The van der Waals surface area contributed by atoms with Gasteiger partial charge in [-0.15, -0.1) is 0 Å². The monoisotopic (exact) mass is 195 g/mol. The molecule has 78 valence electrons. The topological polar surface area (TPSA) is 66.5 Å². The molecule has 3 nitrogen and oxygen atoms in total. The smallest absolute Gasteiger partial charge is 0.119 e. The second-order valence-electron chi connectivity index (χ2n) is 3.72. The molecule has 1 rings (SSSR count). The fourth-order valence-electron chi connectivity index (χ4n) is 1.38. The predicted octanol–water partition coefficient (Wildman–Crippen LogP) is 1.51. The van der Waals surface area contributed by atoms with Gasteiger partial charge in [-0.25, -0.2) is 0 Å². The van der Waals surface area contributed by atoms with Crippen LogP contribution >= 0.6 is 0 Å². The van der Waals surface area contributed by atoms with Crippen LogP contribution in [-0.2, 0) is 0 Å². The summed E-state index contributed by atoms with van der Waals surface area (Å²) >= 11 is 0. The van der Waals surface area contributed by atoms with Crippen molar-refractivity contribution in [3.8, 4) is 5.75 Å². The van der Waals surface area contributed by atoms with E-state index in [0.717, 1.165) is 11.1 Å². The number of benzene rings is 1. The third kappa shape index (κ3) is 2.25. The molecule has 0 fully saturated rings. The van der Waals surface area contributed by atoms with Gasteiger partial charge >= 0.3 is 0 Å². The van der Waals surface area contributed by atoms with Gasteiger partial charge in [0, 0.05) is 6.54 Å². The highest BCUT2D eigenvalue weighted by Crippen LogP contribution is 2.28. The van der Waals surface area contributed by atoms with E-state index in [1.807, 2.05) is 13.8 Å². The summed E-state index contributed by atoms with van der Waals surface area (Å²) in [6.07, 6.45) is -0.645. The SMILES string of the molecule is CC(C)c1cc(C(O)CN)ccc1O. The predicted molar refractivity (Wildman–Crippen MR) is 56.2 cm³/mol. The molecule has 0 radical (unpaired) electrons. The van der Waals surface area contributed by atoms with Gasteiger partial charge in [-0.2, -0.15) is 0 Å². The van der Waals surface area contributed by atoms with Crippen LogP contribution in [0.2, 0.25) is 0 Å². The van der Waals surface area contributed by atoms with Crippen molar-refractivity contribution >= 4 is 0 Å². The normalized spacial score (nSPS) is 13.2. The number of hydrogen-bond acceptors (Lipinski definition) is 3. The molecule has 0 aliphatic rings. The molecule has 0 aromatic heterocycles. The molecule has 1 atom stereocenters. The Labute approximate surface area is 84.2 Å². The highest BCUT2D eigenvalue weighted by Gasteiger charge is 2.10. The first-order chi connectivity index (χ1) is 6.56. The first-order valence-electron chi connectivity index (χ1n) is 4.77. The van der Waals surface area contributed by atoms with Crippen molar-refractivity contribution in [2.45, 2.75) is 25.9 Å². The minimum atomic E-state index is -0.645. The summed E-state index contributed by atoms with van der Waals surface area (Å²) in [6.45, 7) is 4.18. The molecular weight excluding hydrogens is 178 g/mol. The van der Waals surface area contributed by atoms with Gasteiger partial charge in [-0.3, -0.25) is 0 Å². The van der Waals surface area contributed by atoms with E-state index in [9.17, 15) is 10.2 Å². The molecule has 1 aromatic carbocycles. The lowest BCUT2D eigenvalue weighted by Crippen LogP contribution is -2.11. The van der Waals surface area contributed by atoms with E-state index in [4.69, 9.17) is 5.73 Å². The van der Waals surface area contributed by atoms with Gasteiger partial charge in [0.25, 0.3) is 0 Å². The molecule has 4 N–H and O–H groups in total. The summed E-state index contributed by atoms with van der Waals surface area (Å²) in [5.41, 5.74) is 6.96. The summed E-state index contributed by atoms with van der Waals surface area (Å²) in [5.74, 6) is 0.507. The first-order valence-corrected chi connectivity index (χ1v) is 4.77. The number of aromatic hydroxyl groups is 1. The van der Waals surface area contributed by atoms with Gasteiger partial charge in [0.15, 0.2) is 0 Å². The third-order valence-corrected chi connectivity index (χ3v) is 2.28. The van der Waals surface area contributed by atoms with Crippen molar-refractivity contribution in [1.29, 1.82) is 0 Å². The number of nitrogens with two attached hydrogens (primary N) is 1. The van der Waals surface area contributed by atoms with E-state index < -0.39 is 6.10 Å². The van der Waals surface area contributed by atoms with Crippen LogP contribution < -0.4 is 5.73 Å². The summed E-state index contributed by atoms with van der Waals surface area (Å²) in [6, 6.07) is 5.10. The van der Waals surface area contributed by atoms with Crippen molar-refractivity contribution in [3.63, 3.8) is 0 Å². The lowest BCUT2D eigenvalue weighted by atomic mass is 9.97. The van der Waals surface area contributed by atoms with E-state index in [0.29, 0.717) is 0 Å². The average molecular weight is 195 g/mol. The second-order valence-corrected chi connectivity index (χ2v) is 3.72. The average Bonchev–Trinajstić information content (AvgIpc) is 2.17. The Morgan fingerprint density at radius 2 is 2.00 bits per heavy atom. The first kappa shape index (κ1) is 11.0. The number of phenols is 1. The van der Waals surface area contributed by atoms with E-state index in [1.54, 1.807) is 18.2 Å². The van der Waals surface area contributed by atoms with Gasteiger partial charge in [-0.1, -0.05) is 19.9 Å². The van der Waals surface area contributed by atoms with Crippen LogP contribution in [0.4, 0.5) is 0 Å². The quantitative estimate of drug-likeness (QED) is 0.684. The van der Waals surface area contributed by atoms with Crippen molar-refractivity contribution in [2.24, 2.45) is 5.73 Å². The Bertz CT molecular complexity index is 310. The Morgan fingerprint density at radius 3 is 2.50 bits per heavy atom. The number of phenolic OH excluding ortho intramolecular Hbond substituents is 1. The van der Waals surface area contributed by atoms with Gasteiger partial charge < -0.3 is 15.9 Å². The zero-order valence-electron chi connectivity index (χ0n) is 8.57. The van der Waals surface area contributed by atoms with Gasteiger partial charge in [-0.05, 0) is 29.2 Å². The number of aliphatic hydroxyl groups is 1. The minimum Gasteiger partial charge on any atom is -0.508 e. The molecule has 0 amide bonds. The van der Waals surface area contributed by atoms with Crippen LogP contribution in [0.1, 0.15) is 37.0 Å². The fraction of sp³-hybridized carbons (Fsp3) is 0.455. The van der Waals surface area contributed by atoms with Gasteiger partial charge in [0.1, 0.15) is 5.75 Å². The number of rotatable bonds is 3. The number of aliphatic hydroxyl groups excluding tert-OH is 1. The molecule has 0 heterocycles. The van der Waals surface area contributed by atoms with Crippen LogP contribution in [0.15, 0.2) is 18.2 Å². The van der Waals surface area contributed by atoms with Crippen molar-refractivity contribution in [2.75, 3.05) is 6.54 Å². The van der Waals surface area contributed by atoms with Crippen LogP contribution in [-0.4, -0.2) is 16.8 Å². The molecule has 0 bridgehead atoms. The van der Waals surface area contributed by atoms with Crippen LogP contribution in [0, 0.1) is 0 Å². The summed E-state index contributed by atoms with van der Waals surface area (Å²) in [5, 5.41) is 19.1. The van der Waals surface area contributed by atoms with Crippen LogP contribution in [0.5, 0.6) is 5.75 Å². The molecule has 0 aliphatic heterocycles. The fourth-order valence-corrected chi connectivity index (χ4v) is 1.38. The van der Waals surface area contributed by atoms with E-state index in [1.165, 1.54) is 0 Å². The maximum atomic E-state index is 9.55. The standard InChI is InChI=1S/C11H17NO2/c1-7(2)9-5-8(11(14)6-12)3-4-10(9)13/h3-5,7,11,13-14H,6,12H2,1-2H3. The third-order valence-electron chi connectivity index (χ3n) is 2.28. The molecule has 0 saturated heterocycles. The molecular formula is C11H17NO2. The second kappa shape index (κ2) is 4.44. The van der Waals surface area contributed by atoms with Crippen LogP contribution in [0.25, 0.3) is 0 Å². The van der Waals surface area contributed by atoms with Crippen molar-refractivity contribution < 1.29 is 10.2 Å². The maximum absolute atomic E-state index is 9.55. The van der Waals surface area contributed by atoms with E-state index in [-0.39, 0.29) is 18.2 Å². The lowest BCUT2D eigenvalue weighted by Gasteiger charge is -2.13. The maximum Gasteiger partial charge on any atom is 0.119 e. The largest absolute Gasteiger partial charge is 0.508 e. The summed E-state index contributed by atoms with van der Waals surface area (Å²) in [7, 11) is 0. The lowest BCUT2D eigenvalue weighted by molar-refractivity contribution is 0.186. The molecule has 1 aromatic rings. The minimum absolute atomic E-state index is 0.197. The van der Waals surface area contributed by atoms with Crippen molar-refractivity contribution in [1.82, 2.24) is 0 Å². The summed E-state index contributed by atoms with van der Waals surface area (Å²) < 4.78 is 0. The Kier molecular flexibility index (Phi) is 3.49. The van der Waals surface area contributed by atoms with Crippen LogP contribution in [0.3, 0.4) is 0 Å². The van der Waals surface area contributed by atoms with Crippen molar-refractivity contribution in [3.05, 3.63) is 29.3 Å². The molecule has 0 saturated carbocycles. The molecule has 1 unspecified atom stereocenters. The Morgan fingerprint density at radius 1 is 1.36 bits per heavy atom. The molecule has 14 heavy (non-hydrogen) atoms. The van der Waals surface area contributed by atoms with Gasteiger partial charge in [0.2, 0.25) is 0 Å². The highest BCUT2D eigenvalue weighted by molar-refractivity contribution is 5.38. The molecule has 3 heteroatoms. The van der Waals surface area contributed by atoms with E-state index >= 15 is 0 Å². The summed E-state index contributed by atoms with van der Waals surface area (Å²) in [4.78, 5) is 0. The zero-order valence-corrected chi connectivity index (χ0v) is 8.57. The highest BCUT2D eigenvalue weighted by atomic mass is 16.3. The number of hydrogen-bond donors (Lipinski definition) is 3. The zero-order chi connectivity index (χ0) is 10.7. The molecule has 0 aliphatic carbocycles. The molecule has 0 spiro atoms. The Hall–Kier alpha value is -1.06. The van der Waals surface area contributed by atoms with E-state index in [2.05, 4.69) is 0 Å².